The van der Waals surface area contributed by atoms with Gasteiger partial charge in [0.1, 0.15) is 0 Å². The average Bonchev–Trinajstić information content (AvgIpc) is 2.61. The molecular formula is C9H9NO5. The van der Waals surface area contributed by atoms with Crippen molar-refractivity contribution in [3.8, 4) is 11.5 Å². The first kappa shape index (κ1) is 9.72. The molecular weight excluding hydrogens is 202 g/mol. The van der Waals surface area contributed by atoms with Gasteiger partial charge in [0.15, 0.2) is 11.5 Å². The first-order valence-corrected chi connectivity index (χ1v) is 4.35. The van der Waals surface area contributed by atoms with Crippen LogP contribution in [0, 0.1) is 10.1 Å². The molecule has 0 saturated heterocycles. The molecule has 6 heteroatoms. The normalized spacial score (nSPS) is 15.1. The number of nitro groups is 1. The molecule has 6 nitrogen and oxygen atoms in total. The van der Waals surface area contributed by atoms with Crippen LogP contribution in [0.25, 0.3) is 0 Å². The van der Waals surface area contributed by atoms with E-state index in [2.05, 4.69) is 0 Å². The Balaban J connectivity index is 2.57. The number of hydrogen-bond acceptors (Lipinski definition) is 5. The lowest BCUT2D eigenvalue weighted by atomic mass is 10.1. The van der Waals surface area contributed by atoms with Crippen molar-refractivity contribution >= 4 is 5.69 Å². The Labute approximate surface area is 85.2 Å². The SMILES string of the molecule is C[C@H](O)c1cc2c(cc1[N+](=O)[O-])OCO2. The van der Waals surface area contributed by atoms with E-state index in [1.807, 2.05) is 0 Å². The van der Waals surface area contributed by atoms with Crippen LogP contribution in [-0.4, -0.2) is 16.8 Å². The van der Waals surface area contributed by atoms with Crippen molar-refractivity contribution in [2.75, 3.05) is 6.79 Å². The molecule has 0 saturated carbocycles. The number of nitro benzene ring substituents is 1. The summed E-state index contributed by atoms with van der Waals surface area (Å²) in [4.78, 5) is 10.2. The summed E-state index contributed by atoms with van der Waals surface area (Å²) in [6, 6.07) is 2.70. The van der Waals surface area contributed by atoms with Crippen molar-refractivity contribution in [2.45, 2.75) is 13.0 Å². The predicted octanol–water partition coefficient (Wildman–Crippen LogP) is 1.38. The Kier molecular flexibility index (Phi) is 2.20. The van der Waals surface area contributed by atoms with Crippen molar-refractivity contribution in [2.24, 2.45) is 0 Å². The first-order chi connectivity index (χ1) is 7.09. The van der Waals surface area contributed by atoms with Gasteiger partial charge in [-0.05, 0) is 13.0 Å². The molecule has 80 valence electrons. The number of rotatable bonds is 2. The van der Waals surface area contributed by atoms with Crippen LogP contribution >= 0.6 is 0 Å². The highest BCUT2D eigenvalue weighted by Crippen LogP contribution is 2.39. The van der Waals surface area contributed by atoms with Gasteiger partial charge in [-0.3, -0.25) is 10.1 Å². The molecule has 0 radical (unpaired) electrons. The van der Waals surface area contributed by atoms with E-state index < -0.39 is 11.0 Å². The van der Waals surface area contributed by atoms with Crippen LogP contribution < -0.4 is 9.47 Å². The maximum absolute atomic E-state index is 10.7. The minimum Gasteiger partial charge on any atom is -0.454 e. The molecule has 0 fully saturated rings. The van der Waals surface area contributed by atoms with Gasteiger partial charge in [-0.1, -0.05) is 0 Å². The molecule has 1 N–H and O–H groups in total. The molecule has 0 bridgehead atoms. The molecule has 1 atom stereocenters. The van der Waals surface area contributed by atoms with E-state index in [4.69, 9.17) is 9.47 Å². The minimum atomic E-state index is -0.917. The monoisotopic (exact) mass is 211 g/mol. The number of aliphatic hydroxyl groups excluding tert-OH is 1. The number of aliphatic hydroxyl groups is 1. The van der Waals surface area contributed by atoms with Gasteiger partial charge >= 0.3 is 0 Å². The van der Waals surface area contributed by atoms with E-state index in [9.17, 15) is 15.2 Å². The molecule has 1 aromatic carbocycles. The second-order valence-electron chi connectivity index (χ2n) is 3.20. The van der Waals surface area contributed by atoms with E-state index in [-0.39, 0.29) is 18.0 Å². The van der Waals surface area contributed by atoms with Crippen LogP contribution in [0.4, 0.5) is 5.69 Å². The Morgan fingerprint density at radius 3 is 2.60 bits per heavy atom. The van der Waals surface area contributed by atoms with Crippen molar-refractivity contribution in [3.05, 3.63) is 27.8 Å². The molecule has 1 aromatic rings. The van der Waals surface area contributed by atoms with Gasteiger partial charge in [-0.15, -0.1) is 0 Å². The third-order valence-corrected chi connectivity index (χ3v) is 2.17. The third-order valence-electron chi connectivity index (χ3n) is 2.17. The van der Waals surface area contributed by atoms with Gasteiger partial charge in [0, 0.05) is 0 Å². The van der Waals surface area contributed by atoms with Gasteiger partial charge < -0.3 is 14.6 Å². The number of hydrogen-bond donors (Lipinski definition) is 1. The third kappa shape index (κ3) is 1.59. The molecule has 15 heavy (non-hydrogen) atoms. The van der Waals surface area contributed by atoms with Crippen molar-refractivity contribution in [3.63, 3.8) is 0 Å². The first-order valence-electron chi connectivity index (χ1n) is 4.35. The smallest absolute Gasteiger partial charge is 0.279 e. The van der Waals surface area contributed by atoms with Gasteiger partial charge in [-0.25, -0.2) is 0 Å². The predicted molar refractivity (Wildman–Crippen MR) is 49.9 cm³/mol. The van der Waals surface area contributed by atoms with Crippen molar-refractivity contribution in [1.82, 2.24) is 0 Å². The van der Waals surface area contributed by atoms with Crippen molar-refractivity contribution in [1.29, 1.82) is 0 Å². The van der Waals surface area contributed by atoms with E-state index in [0.717, 1.165) is 0 Å². The second-order valence-corrected chi connectivity index (χ2v) is 3.20. The van der Waals surface area contributed by atoms with E-state index >= 15 is 0 Å². The second kappa shape index (κ2) is 3.39. The summed E-state index contributed by atoms with van der Waals surface area (Å²) >= 11 is 0. The van der Waals surface area contributed by atoms with Crippen LogP contribution in [0.3, 0.4) is 0 Å². The maximum atomic E-state index is 10.7. The largest absolute Gasteiger partial charge is 0.454 e. The van der Waals surface area contributed by atoms with Gasteiger partial charge in [0.25, 0.3) is 5.69 Å². The van der Waals surface area contributed by atoms with Gasteiger partial charge in [0.05, 0.1) is 22.7 Å². The highest BCUT2D eigenvalue weighted by Gasteiger charge is 2.25. The zero-order valence-corrected chi connectivity index (χ0v) is 7.97. The number of benzene rings is 1. The molecule has 1 aliphatic rings. The summed E-state index contributed by atoms with van der Waals surface area (Å²) in [5.41, 5.74) is 0.0681. The van der Waals surface area contributed by atoms with Gasteiger partial charge in [0.2, 0.25) is 6.79 Å². The maximum Gasteiger partial charge on any atom is 0.279 e. The van der Waals surface area contributed by atoms with Crippen LogP contribution in [0.5, 0.6) is 11.5 Å². The van der Waals surface area contributed by atoms with Crippen LogP contribution in [0.15, 0.2) is 12.1 Å². The lowest BCUT2D eigenvalue weighted by Crippen LogP contribution is -1.99. The molecule has 0 aliphatic carbocycles. The molecule has 0 aromatic heterocycles. The van der Waals surface area contributed by atoms with Crippen LogP contribution in [0.2, 0.25) is 0 Å². The van der Waals surface area contributed by atoms with E-state index in [0.29, 0.717) is 11.5 Å². The molecule has 0 amide bonds. The Bertz CT molecular complexity index is 415. The Morgan fingerprint density at radius 2 is 2.07 bits per heavy atom. The fourth-order valence-electron chi connectivity index (χ4n) is 1.44. The number of fused-ring (bicyclic) bond motifs is 1. The summed E-state index contributed by atoms with van der Waals surface area (Å²) in [6.45, 7) is 1.51. The minimum absolute atomic E-state index is 0.0513. The van der Waals surface area contributed by atoms with Gasteiger partial charge in [-0.2, -0.15) is 0 Å². The molecule has 2 rings (SSSR count). The highest BCUT2D eigenvalue weighted by molar-refractivity contribution is 5.55. The Hall–Kier alpha value is -1.82. The lowest BCUT2D eigenvalue weighted by Gasteiger charge is -2.06. The summed E-state index contributed by atoms with van der Waals surface area (Å²) in [5.74, 6) is 0.766. The fourth-order valence-corrected chi connectivity index (χ4v) is 1.44. The summed E-state index contributed by atoms with van der Waals surface area (Å²) in [7, 11) is 0. The average molecular weight is 211 g/mol. The molecule has 0 unspecified atom stereocenters. The highest BCUT2D eigenvalue weighted by atomic mass is 16.7. The molecule has 0 spiro atoms. The zero-order chi connectivity index (χ0) is 11.0. The quantitative estimate of drug-likeness (QED) is 0.590. The molecule has 1 heterocycles. The number of nitrogens with zero attached hydrogens (tertiary/aromatic N) is 1. The van der Waals surface area contributed by atoms with E-state index in [1.165, 1.54) is 19.1 Å². The lowest BCUT2D eigenvalue weighted by molar-refractivity contribution is -0.386. The Morgan fingerprint density at radius 1 is 1.47 bits per heavy atom. The summed E-state index contributed by atoms with van der Waals surface area (Å²) in [6.07, 6.45) is -0.917. The summed E-state index contributed by atoms with van der Waals surface area (Å²) in [5, 5.41) is 20.1. The fraction of sp³-hybridized carbons (Fsp3) is 0.333. The van der Waals surface area contributed by atoms with E-state index in [1.54, 1.807) is 0 Å². The van der Waals surface area contributed by atoms with Crippen LogP contribution in [-0.2, 0) is 0 Å². The summed E-state index contributed by atoms with van der Waals surface area (Å²) < 4.78 is 10.1. The number of ether oxygens (including phenoxy) is 2. The zero-order valence-electron chi connectivity index (χ0n) is 7.97. The standard InChI is InChI=1S/C9H9NO5/c1-5(11)6-2-8-9(15-4-14-8)3-7(6)10(12)13/h2-3,5,11H,4H2,1H3/t5-/m0/s1. The van der Waals surface area contributed by atoms with Crippen molar-refractivity contribution < 1.29 is 19.5 Å². The molecule has 1 aliphatic heterocycles. The topological polar surface area (TPSA) is 81.8 Å². The van der Waals surface area contributed by atoms with Crippen LogP contribution in [0.1, 0.15) is 18.6 Å².